The standard InChI is InChI=1S/C14H8Cl6F3N3/c1-5-3-7(4-6(2)8(5)14(21,22)23)9-24-10(12(15,16)17)26-11(25-9)13(18,19)20/h3-4H,1-2H3. The Morgan fingerprint density at radius 1 is 0.731 bits per heavy atom. The topological polar surface area (TPSA) is 38.7 Å². The van der Waals surface area contributed by atoms with Gasteiger partial charge in [-0.1, -0.05) is 69.6 Å². The van der Waals surface area contributed by atoms with Gasteiger partial charge in [0, 0.05) is 5.56 Å². The highest BCUT2D eigenvalue weighted by Crippen LogP contribution is 2.41. The van der Waals surface area contributed by atoms with E-state index >= 15 is 0 Å². The molecule has 0 bridgehead atoms. The second-order valence-electron chi connectivity index (χ2n) is 5.28. The van der Waals surface area contributed by atoms with Gasteiger partial charge >= 0.3 is 6.18 Å². The van der Waals surface area contributed by atoms with Gasteiger partial charge in [-0.3, -0.25) is 0 Å². The summed E-state index contributed by atoms with van der Waals surface area (Å²) < 4.78 is 35.3. The van der Waals surface area contributed by atoms with Crippen molar-refractivity contribution in [1.82, 2.24) is 15.0 Å². The van der Waals surface area contributed by atoms with E-state index in [1.54, 1.807) is 0 Å². The SMILES string of the molecule is Cc1cc(-c2nc(C(Cl)(Cl)Cl)nc(C(Cl)(Cl)Cl)n2)cc(C)c1C(F)(F)F. The molecule has 0 spiro atoms. The van der Waals surface area contributed by atoms with Crippen LogP contribution in [0, 0.1) is 13.8 Å². The predicted molar refractivity (Wildman–Crippen MR) is 98.2 cm³/mol. The highest BCUT2D eigenvalue weighted by atomic mass is 35.6. The van der Waals surface area contributed by atoms with E-state index in [-0.39, 0.29) is 34.2 Å². The van der Waals surface area contributed by atoms with Gasteiger partial charge in [-0.15, -0.1) is 0 Å². The normalized spacial score (nSPS) is 13.2. The number of hydrogen-bond acceptors (Lipinski definition) is 3. The van der Waals surface area contributed by atoms with Crippen LogP contribution >= 0.6 is 69.6 Å². The average Bonchev–Trinajstić information content (AvgIpc) is 2.42. The van der Waals surface area contributed by atoms with Gasteiger partial charge in [-0.2, -0.15) is 13.2 Å². The van der Waals surface area contributed by atoms with Crippen molar-refractivity contribution in [1.29, 1.82) is 0 Å². The molecule has 0 amide bonds. The second kappa shape index (κ2) is 7.30. The van der Waals surface area contributed by atoms with Crippen LogP contribution in [-0.4, -0.2) is 15.0 Å². The lowest BCUT2D eigenvalue weighted by atomic mass is 9.98. The number of rotatable bonds is 1. The zero-order valence-corrected chi connectivity index (χ0v) is 17.4. The minimum Gasteiger partial charge on any atom is -0.209 e. The van der Waals surface area contributed by atoms with Crippen LogP contribution < -0.4 is 0 Å². The zero-order chi connectivity index (χ0) is 20.1. The first kappa shape index (κ1) is 22.1. The molecule has 0 unspecified atom stereocenters. The van der Waals surface area contributed by atoms with Crippen LogP contribution in [0.15, 0.2) is 12.1 Å². The van der Waals surface area contributed by atoms with Gasteiger partial charge in [-0.25, -0.2) is 15.0 Å². The van der Waals surface area contributed by atoms with E-state index in [4.69, 9.17) is 69.6 Å². The Labute approximate surface area is 176 Å². The lowest BCUT2D eigenvalue weighted by molar-refractivity contribution is -0.138. The fraction of sp³-hybridized carbons (Fsp3) is 0.357. The van der Waals surface area contributed by atoms with E-state index in [0.29, 0.717) is 0 Å². The minimum absolute atomic E-state index is 0.0289. The van der Waals surface area contributed by atoms with Crippen molar-refractivity contribution in [3.05, 3.63) is 40.5 Å². The third-order valence-corrected chi connectivity index (χ3v) is 4.23. The molecule has 0 N–H and O–H groups in total. The molecular formula is C14H8Cl6F3N3. The van der Waals surface area contributed by atoms with Crippen LogP contribution in [0.25, 0.3) is 11.4 Å². The van der Waals surface area contributed by atoms with Gasteiger partial charge < -0.3 is 0 Å². The Morgan fingerprint density at radius 3 is 1.42 bits per heavy atom. The summed E-state index contributed by atoms with van der Waals surface area (Å²) in [4.78, 5) is 11.8. The fourth-order valence-electron chi connectivity index (χ4n) is 2.30. The third-order valence-electron chi connectivity index (χ3n) is 3.22. The number of alkyl halides is 9. The van der Waals surface area contributed by atoms with Crippen LogP contribution in [0.2, 0.25) is 0 Å². The quantitative estimate of drug-likeness (QED) is 0.414. The molecule has 0 fully saturated rings. The molecule has 26 heavy (non-hydrogen) atoms. The number of aromatic nitrogens is 3. The van der Waals surface area contributed by atoms with Crippen LogP contribution in [0.4, 0.5) is 13.2 Å². The average molecular weight is 488 g/mol. The molecule has 1 heterocycles. The maximum Gasteiger partial charge on any atom is 0.416 e. The van der Waals surface area contributed by atoms with E-state index in [0.717, 1.165) is 0 Å². The molecule has 0 atom stereocenters. The Balaban J connectivity index is 2.73. The molecule has 0 saturated heterocycles. The number of hydrogen-bond donors (Lipinski definition) is 0. The molecule has 0 radical (unpaired) electrons. The summed E-state index contributed by atoms with van der Waals surface area (Å²) in [6.45, 7) is 2.62. The van der Waals surface area contributed by atoms with Gasteiger partial charge in [0.15, 0.2) is 17.5 Å². The van der Waals surface area contributed by atoms with E-state index in [2.05, 4.69) is 15.0 Å². The Kier molecular flexibility index (Phi) is 6.19. The molecule has 2 rings (SSSR count). The Hall–Kier alpha value is -0.240. The maximum absolute atomic E-state index is 13.1. The molecular weight excluding hydrogens is 480 g/mol. The summed E-state index contributed by atoms with van der Waals surface area (Å²) in [6.07, 6.45) is -4.50. The van der Waals surface area contributed by atoms with Crippen LogP contribution in [0.5, 0.6) is 0 Å². The van der Waals surface area contributed by atoms with E-state index < -0.39 is 19.3 Å². The lowest BCUT2D eigenvalue weighted by Gasteiger charge is -2.17. The highest BCUT2D eigenvalue weighted by Gasteiger charge is 2.36. The van der Waals surface area contributed by atoms with Crippen molar-refractivity contribution >= 4 is 69.6 Å². The monoisotopic (exact) mass is 485 g/mol. The van der Waals surface area contributed by atoms with Crippen LogP contribution in [-0.2, 0) is 13.8 Å². The smallest absolute Gasteiger partial charge is 0.209 e. The second-order valence-corrected chi connectivity index (χ2v) is 9.85. The molecule has 0 saturated carbocycles. The summed E-state index contributed by atoms with van der Waals surface area (Å²) in [5.41, 5.74) is -0.586. The molecule has 1 aromatic carbocycles. The molecule has 12 heteroatoms. The van der Waals surface area contributed by atoms with Crippen molar-refractivity contribution in [3.63, 3.8) is 0 Å². The number of halogens is 9. The van der Waals surface area contributed by atoms with Crippen LogP contribution in [0.1, 0.15) is 28.3 Å². The zero-order valence-electron chi connectivity index (χ0n) is 12.9. The van der Waals surface area contributed by atoms with Crippen molar-refractivity contribution in [3.8, 4) is 11.4 Å². The predicted octanol–water partition coefficient (Wildman–Crippen LogP) is 6.83. The van der Waals surface area contributed by atoms with Gasteiger partial charge in [0.1, 0.15) is 0 Å². The minimum atomic E-state index is -4.50. The number of benzene rings is 1. The first-order valence-electron chi connectivity index (χ1n) is 6.70. The molecule has 2 aromatic rings. The highest BCUT2D eigenvalue weighted by molar-refractivity contribution is 6.67. The molecule has 0 aliphatic heterocycles. The van der Waals surface area contributed by atoms with E-state index in [9.17, 15) is 13.2 Å². The summed E-state index contributed by atoms with van der Waals surface area (Å²) in [7, 11) is 0. The number of aryl methyl sites for hydroxylation is 2. The molecule has 142 valence electrons. The first-order valence-corrected chi connectivity index (χ1v) is 8.96. The fourth-order valence-corrected chi connectivity index (χ4v) is 2.81. The summed E-state index contributed by atoms with van der Waals surface area (Å²) in [6, 6.07) is 2.49. The van der Waals surface area contributed by atoms with E-state index in [1.807, 2.05) is 0 Å². The van der Waals surface area contributed by atoms with Gasteiger partial charge in [0.2, 0.25) is 7.59 Å². The van der Waals surface area contributed by atoms with Gasteiger partial charge in [0.05, 0.1) is 5.56 Å². The van der Waals surface area contributed by atoms with Gasteiger partial charge in [0.25, 0.3) is 0 Å². The molecule has 3 nitrogen and oxygen atoms in total. The molecule has 1 aromatic heterocycles. The van der Waals surface area contributed by atoms with Crippen molar-refractivity contribution < 1.29 is 13.2 Å². The molecule has 0 aliphatic carbocycles. The summed E-state index contributed by atoms with van der Waals surface area (Å²) >= 11 is 34.7. The number of nitrogens with zero attached hydrogens (tertiary/aromatic N) is 3. The largest absolute Gasteiger partial charge is 0.416 e. The molecule has 0 aliphatic rings. The van der Waals surface area contributed by atoms with Crippen molar-refractivity contribution in [2.24, 2.45) is 0 Å². The van der Waals surface area contributed by atoms with Crippen molar-refractivity contribution in [2.75, 3.05) is 0 Å². The maximum atomic E-state index is 13.1. The lowest BCUT2D eigenvalue weighted by Crippen LogP contribution is -2.17. The van der Waals surface area contributed by atoms with E-state index in [1.165, 1.54) is 26.0 Å². The Bertz CT molecular complexity index is 788. The first-order chi connectivity index (χ1) is 11.6. The Morgan fingerprint density at radius 2 is 1.12 bits per heavy atom. The third kappa shape index (κ3) is 4.97. The van der Waals surface area contributed by atoms with Crippen molar-refractivity contribution in [2.45, 2.75) is 27.6 Å². The van der Waals surface area contributed by atoms with Crippen LogP contribution in [0.3, 0.4) is 0 Å². The summed E-state index contributed by atoms with van der Waals surface area (Å²) in [5, 5.41) is 0. The van der Waals surface area contributed by atoms with Gasteiger partial charge in [-0.05, 0) is 37.1 Å². The summed E-state index contributed by atoms with van der Waals surface area (Å²) in [5.74, 6) is -0.754.